The maximum absolute atomic E-state index is 13.4. The summed E-state index contributed by atoms with van der Waals surface area (Å²) in [5, 5.41) is 21.1. The highest BCUT2D eigenvalue weighted by Gasteiger charge is 2.55. The third kappa shape index (κ3) is 3.48. The molecule has 0 radical (unpaired) electrons. The number of hydrogen-bond donors (Lipinski definition) is 2. The molecule has 150 valence electrons. The van der Waals surface area contributed by atoms with Gasteiger partial charge in [0.25, 0.3) is 0 Å². The van der Waals surface area contributed by atoms with Crippen LogP contribution in [0.25, 0.3) is 22.5 Å². The number of aromatic nitrogens is 3. The van der Waals surface area contributed by atoms with Gasteiger partial charge in [0.1, 0.15) is 5.82 Å². The van der Waals surface area contributed by atoms with Crippen LogP contribution < -0.4 is 0 Å². The molecule has 1 aliphatic rings. The van der Waals surface area contributed by atoms with Crippen LogP contribution in [0.4, 0.5) is 4.39 Å². The van der Waals surface area contributed by atoms with Crippen LogP contribution in [-0.2, 0) is 15.4 Å². The minimum Gasteiger partial charge on any atom is -0.396 e. The van der Waals surface area contributed by atoms with Crippen LogP contribution >= 0.6 is 0 Å². The second-order valence-electron chi connectivity index (χ2n) is 6.56. The first-order valence-electron chi connectivity index (χ1n) is 8.83. The molecule has 3 aromatic rings. The Balaban J connectivity index is 1.84. The lowest BCUT2D eigenvalue weighted by Crippen LogP contribution is -2.49. The molecule has 0 spiro atoms. The number of nitro groups is 1. The van der Waals surface area contributed by atoms with Gasteiger partial charge in [-0.25, -0.2) is 9.37 Å². The van der Waals surface area contributed by atoms with Crippen molar-refractivity contribution >= 4 is 0 Å². The van der Waals surface area contributed by atoms with Crippen molar-refractivity contribution in [2.24, 2.45) is 5.92 Å². The highest BCUT2D eigenvalue weighted by atomic mass is 19.1. The van der Waals surface area contributed by atoms with Gasteiger partial charge >= 0.3 is 5.91 Å². The minimum atomic E-state index is -2.33. The Bertz CT molecular complexity index is 1000. The average Bonchev–Trinajstić information content (AvgIpc) is 3.20. The van der Waals surface area contributed by atoms with Gasteiger partial charge in [-0.15, -0.1) is 0 Å². The Kier molecular flexibility index (Phi) is 5.05. The second kappa shape index (κ2) is 7.66. The SMILES string of the molecule is O=[N+]([O-])C1(c2nc(-c3ccc(F)cc3)c(-c3ccncc3)[nH]2)OCC(CO)CO1. The third-order valence-electron chi connectivity index (χ3n) is 4.62. The summed E-state index contributed by atoms with van der Waals surface area (Å²) in [7, 11) is 0. The van der Waals surface area contributed by atoms with Crippen molar-refractivity contribution in [2.75, 3.05) is 19.8 Å². The average molecular weight is 400 g/mol. The van der Waals surface area contributed by atoms with Crippen LogP contribution in [0.1, 0.15) is 5.82 Å². The topological polar surface area (TPSA) is 123 Å². The van der Waals surface area contributed by atoms with Crippen LogP contribution in [0.15, 0.2) is 48.8 Å². The number of rotatable bonds is 5. The van der Waals surface area contributed by atoms with Gasteiger partial charge in [0, 0.05) is 29.4 Å². The fourth-order valence-corrected chi connectivity index (χ4v) is 3.05. The Morgan fingerprint density at radius 2 is 1.83 bits per heavy atom. The van der Waals surface area contributed by atoms with Crippen molar-refractivity contribution in [1.29, 1.82) is 0 Å². The van der Waals surface area contributed by atoms with Gasteiger partial charge in [0.05, 0.1) is 36.1 Å². The summed E-state index contributed by atoms with van der Waals surface area (Å²) in [6, 6.07) is 9.05. The summed E-state index contributed by atoms with van der Waals surface area (Å²) >= 11 is 0. The molecule has 29 heavy (non-hydrogen) atoms. The van der Waals surface area contributed by atoms with Crippen molar-refractivity contribution < 1.29 is 23.9 Å². The molecule has 1 aliphatic heterocycles. The standard InChI is InChI=1S/C19H17FN4O5/c20-15-3-1-13(2-4-15)16-17(14-5-7-21-8-6-14)23-18(22-16)19(24(26)27)28-10-12(9-25)11-29-19/h1-8,12,25H,9-11H2,(H,22,23). The molecule has 1 fully saturated rings. The number of hydrogen-bond acceptors (Lipinski definition) is 7. The van der Waals surface area contributed by atoms with Gasteiger partial charge in [-0.05, 0) is 36.4 Å². The van der Waals surface area contributed by atoms with Crippen molar-refractivity contribution in [1.82, 2.24) is 15.0 Å². The van der Waals surface area contributed by atoms with E-state index in [1.54, 1.807) is 24.5 Å². The predicted molar refractivity (Wildman–Crippen MR) is 98.4 cm³/mol. The van der Waals surface area contributed by atoms with Crippen molar-refractivity contribution in [3.63, 3.8) is 0 Å². The number of aliphatic hydroxyl groups excluding tert-OH is 1. The molecular weight excluding hydrogens is 383 g/mol. The molecule has 2 N–H and O–H groups in total. The predicted octanol–water partition coefficient (Wildman–Crippen LogP) is 2.32. The third-order valence-corrected chi connectivity index (χ3v) is 4.62. The molecule has 9 nitrogen and oxygen atoms in total. The quantitative estimate of drug-likeness (QED) is 0.498. The summed E-state index contributed by atoms with van der Waals surface area (Å²) in [5.41, 5.74) is 2.10. The molecule has 10 heteroatoms. The highest BCUT2D eigenvalue weighted by molar-refractivity contribution is 5.78. The van der Waals surface area contributed by atoms with E-state index < -0.39 is 16.7 Å². The lowest BCUT2D eigenvalue weighted by Gasteiger charge is -2.30. The number of imidazole rings is 1. The molecule has 2 aromatic heterocycles. The molecule has 0 bridgehead atoms. The van der Waals surface area contributed by atoms with E-state index in [1.165, 1.54) is 24.3 Å². The second-order valence-corrected chi connectivity index (χ2v) is 6.56. The molecular formula is C19H17FN4O5. The Labute approximate surface area is 164 Å². The number of ether oxygens (including phenoxy) is 2. The Morgan fingerprint density at radius 3 is 2.41 bits per heavy atom. The monoisotopic (exact) mass is 400 g/mol. The van der Waals surface area contributed by atoms with Gasteiger partial charge in [-0.3, -0.25) is 24.6 Å². The number of aliphatic hydroxyl groups is 1. The van der Waals surface area contributed by atoms with Gasteiger partial charge in [-0.1, -0.05) is 0 Å². The first-order valence-corrected chi connectivity index (χ1v) is 8.83. The Morgan fingerprint density at radius 1 is 1.17 bits per heavy atom. The largest absolute Gasteiger partial charge is 0.503 e. The van der Waals surface area contributed by atoms with E-state index >= 15 is 0 Å². The van der Waals surface area contributed by atoms with Crippen LogP contribution in [0, 0.1) is 21.8 Å². The maximum Gasteiger partial charge on any atom is 0.503 e. The lowest BCUT2D eigenvalue weighted by molar-refractivity contribution is -0.716. The number of pyridine rings is 1. The minimum absolute atomic E-state index is 0.0609. The zero-order valence-electron chi connectivity index (χ0n) is 15.1. The van der Waals surface area contributed by atoms with E-state index in [0.29, 0.717) is 22.5 Å². The summed E-state index contributed by atoms with van der Waals surface area (Å²) in [5.74, 6) is -3.25. The van der Waals surface area contributed by atoms with Gasteiger partial charge < -0.3 is 10.1 Å². The number of aromatic amines is 1. The normalized spacial score (nSPS) is 21.8. The van der Waals surface area contributed by atoms with Crippen molar-refractivity contribution in [3.8, 4) is 22.5 Å². The van der Waals surface area contributed by atoms with E-state index in [9.17, 15) is 19.6 Å². The summed E-state index contributed by atoms with van der Waals surface area (Å²) in [4.78, 5) is 22.5. The smallest absolute Gasteiger partial charge is 0.396 e. The van der Waals surface area contributed by atoms with E-state index in [2.05, 4.69) is 15.0 Å². The molecule has 0 saturated carbocycles. The highest BCUT2D eigenvalue weighted by Crippen LogP contribution is 2.37. The summed E-state index contributed by atoms with van der Waals surface area (Å²) in [6.45, 7) is -0.335. The fourth-order valence-electron chi connectivity index (χ4n) is 3.05. The van der Waals surface area contributed by atoms with E-state index in [0.717, 1.165) is 0 Å². The summed E-state index contributed by atoms with van der Waals surface area (Å²) < 4.78 is 24.2. The number of halogens is 1. The van der Waals surface area contributed by atoms with E-state index in [-0.39, 0.29) is 31.6 Å². The molecule has 0 atom stereocenters. The molecule has 1 saturated heterocycles. The zero-order valence-corrected chi connectivity index (χ0v) is 15.1. The Hall–Kier alpha value is -3.21. The van der Waals surface area contributed by atoms with Crippen LogP contribution in [0.5, 0.6) is 0 Å². The van der Waals surface area contributed by atoms with Gasteiger partial charge in [0.15, 0.2) is 0 Å². The lowest BCUT2D eigenvalue weighted by atomic mass is 10.1. The van der Waals surface area contributed by atoms with Crippen LogP contribution in [0.3, 0.4) is 0 Å². The number of H-pyrrole nitrogens is 1. The molecule has 3 heterocycles. The molecule has 1 aromatic carbocycles. The number of nitrogens with one attached hydrogen (secondary N) is 1. The van der Waals surface area contributed by atoms with Crippen LogP contribution in [0.2, 0.25) is 0 Å². The van der Waals surface area contributed by atoms with E-state index in [1.807, 2.05) is 0 Å². The molecule has 0 amide bonds. The first-order chi connectivity index (χ1) is 14.0. The van der Waals surface area contributed by atoms with Crippen LogP contribution in [-0.4, -0.2) is 44.8 Å². The fraction of sp³-hybridized carbons (Fsp3) is 0.263. The summed E-state index contributed by atoms with van der Waals surface area (Å²) in [6.07, 6.45) is 3.15. The molecule has 4 rings (SSSR count). The molecule has 0 aliphatic carbocycles. The van der Waals surface area contributed by atoms with Gasteiger partial charge in [0.2, 0.25) is 5.82 Å². The van der Waals surface area contributed by atoms with E-state index in [4.69, 9.17) is 9.47 Å². The van der Waals surface area contributed by atoms with Crippen molar-refractivity contribution in [3.05, 3.63) is 70.5 Å². The van der Waals surface area contributed by atoms with Gasteiger partial charge in [-0.2, -0.15) is 0 Å². The zero-order chi connectivity index (χ0) is 20.4. The maximum atomic E-state index is 13.4. The molecule has 0 unspecified atom stereocenters. The first kappa shape index (κ1) is 19.1. The number of benzene rings is 1. The number of nitrogens with zero attached hydrogens (tertiary/aromatic N) is 3. The van der Waals surface area contributed by atoms with Crippen molar-refractivity contribution in [2.45, 2.75) is 5.91 Å².